The number of methoxy groups -OCH3 is 1. The Morgan fingerprint density at radius 3 is 3.06 bits per heavy atom. The van der Waals surface area contributed by atoms with Crippen molar-refractivity contribution in [3.8, 4) is 0 Å². The Morgan fingerprint density at radius 2 is 2.33 bits per heavy atom. The van der Waals surface area contributed by atoms with Crippen LogP contribution in [0.2, 0.25) is 0 Å². The van der Waals surface area contributed by atoms with Gasteiger partial charge in [-0.15, -0.1) is 0 Å². The van der Waals surface area contributed by atoms with E-state index in [1.54, 1.807) is 7.11 Å². The lowest BCUT2D eigenvalue weighted by molar-refractivity contribution is -0.118. The number of hydrogen-bond donors (Lipinski definition) is 1. The van der Waals surface area contributed by atoms with Gasteiger partial charge in [-0.3, -0.25) is 4.79 Å². The molecule has 4 nitrogen and oxygen atoms in total. The molecule has 1 heterocycles. The second-order valence-electron chi connectivity index (χ2n) is 4.49. The predicted octanol–water partition coefficient (Wildman–Crippen LogP) is 1.55. The molecule has 1 aromatic rings. The number of amides is 1. The Hall–Kier alpha value is -1.39. The molecular weight excluding hydrogens is 228 g/mol. The van der Waals surface area contributed by atoms with Crippen LogP contribution in [-0.2, 0) is 16.1 Å². The predicted molar refractivity (Wildman–Crippen MR) is 71.6 cm³/mol. The van der Waals surface area contributed by atoms with Gasteiger partial charge >= 0.3 is 0 Å². The summed E-state index contributed by atoms with van der Waals surface area (Å²) in [5.41, 5.74) is 2.06. The molecule has 1 amide bonds. The van der Waals surface area contributed by atoms with Crippen molar-refractivity contribution >= 4 is 11.6 Å². The standard InChI is InChI=1S/C14H20N2O2/c1-3-15-13-7-8-16(14(13)17)12-6-4-5-11(9-12)10-18-2/h4-6,9,13,15H,3,7-8,10H2,1-2H3. The first-order valence-electron chi connectivity index (χ1n) is 6.39. The minimum absolute atomic E-state index is 0.0268. The van der Waals surface area contributed by atoms with E-state index < -0.39 is 0 Å². The van der Waals surface area contributed by atoms with E-state index in [1.165, 1.54) is 0 Å². The molecule has 1 saturated heterocycles. The van der Waals surface area contributed by atoms with Gasteiger partial charge in [-0.25, -0.2) is 0 Å². The fraction of sp³-hybridized carbons (Fsp3) is 0.500. The van der Waals surface area contributed by atoms with E-state index in [0.29, 0.717) is 6.61 Å². The van der Waals surface area contributed by atoms with Crippen LogP contribution >= 0.6 is 0 Å². The minimum Gasteiger partial charge on any atom is -0.380 e. The average Bonchev–Trinajstić information content (AvgIpc) is 2.73. The molecule has 0 radical (unpaired) electrons. The van der Waals surface area contributed by atoms with Gasteiger partial charge in [0.2, 0.25) is 5.91 Å². The maximum Gasteiger partial charge on any atom is 0.244 e. The molecule has 98 valence electrons. The number of rotatable bonds is 5. The second-order valence-corrected chi connectivity index (χ2v) is 4.49. The fourth-order valence-corrected chi connectivity index (χ4v) is 2.35. The number of anilines is 1. The molecule has 1 N–H and O–H groups in total. The van der Waals surface area contributed by atoms with Crippen LogP contribution < -0.4 is 10.2 Å². The van der Waals surface area contributed by atoms with Gasteiger partial charge in [-0.1, -0.05) is 19.1 Å². The zero-order chi connectivity index (χ0) is 13.0. The van der Waals surface area contributed by atoms with E-state index >= 15 is 0 Å². The van der Waals surface area contributed by atoms with Gasteiger partial charge < -0.3 is 15.0 Å². The highest BCUT2D eigenvalue weighted by molar-refractivity contribution is 5.99. The van der Waals surface area contributed by atoms with Gasteiger partial charge in [0.15, 0.2) is 0 Å². The van der Waals surface area contributed by atoms with Crippen molar-refractivity contribution in [1.29, 1.82) is 0 Å². The highest BCUT2D eigenvalue weighted by Gasteiger charge is 2.31. The maximum absolute atomic E-state index is 12.2. The molecule has 1 unspecified atom stereocenters. The van der Waals surface area contributed by atoms with Crippen LogP contribution in [0, 0.1) is 0 Å². The van der Waals surface area contributed by atoms with Crippen molar-refractivity contribution in [2.45, 2.75) is 26.0 Å². The number of nitrogens with one attached hydrogen (secondary N) is 1. The van der Waals surface area contributed by atoms with E-state index in [2.05, 4.69) is 5.32 Å². The number of benzene rings is 1. The highest BCUT2D eigenvalue weighted by atomic mass is 16.5. The molecule has 0 bridgehead atoms. The van der Waals surface area contributed by atoms with Crippen molar-refractivity contribution in [3.63, 3.8) is 0 Å². The molecule has 0 spiro atoms. The van der Waals surface area contributed by atoms with Gasteiger partial charge in [0.05, 0.1) is 12.6 Å². The summed E-state index contributed by atoms with van der Waals surface area (Å²) in [6.07, 6.45) is 0.876. The van der Waals surface area contributed by atoms with Crippen molar-refractivity contribution in [3.05, 3.63) is 29.8 Å². The molecule has 0 aliphatic carbocycles. The monoisotopic (exact) mass is 248 g/mol. The Kier molecular flexibility index (Phi) is 4.33. The summed E-state index contributed by atoms with van der Waals surface area (Å²) in [7, 11) is 1.68. The smallest absolute Gasteiger partial charge is 0.244 e. The number of carbonyl (C=O) groups excluding carboxylic acids is 1. The van der Waals surface area contributed by atoms with Crippen LogP contribution in [0.5, 0.6) is 0 Å². The highest BCUT2D eigenvalue weighted by Crippen LogP contribution is 2.22. The van der Waals surface area contributed by atoms with Gasteiger partial charge in [-0.2, -0.15) is 0 Å². The van der Waals surface area contributed by atoms with Crippen molar-refractivity contribution in [2.24, 2.45) is 0 Å². The summed E-state index contributed by atoms with van der Waals surface area (Å²) in [5, 5.41) is 3.22. The third kappa shape index (κ3) is 2.71. The maximum atomic E-state index is 12.2. The Balaban J connectivity index is 2.12. The van der Waals surface area contributed by atoms with Crippen molar-refractivity contribution in [2.75, 3.05) is 25.1 Å². The van der Waals surface area contributed by atoms with Gasteiger partial charge in [0, 0.05) is 19.3 Å². The molecule has 1 aromatic carbocycles. The van der Waals surface area contributed by atoms with Gasteiger partial charge in [0.25, 0.3) is 0 Å². The lowest BCUT2D eigenvalue weighted by Gasteiger charge is -2.18. The SMILES string of the molecule is CCNC1CCN(c2cccc(COC)c2)C1=O. The fourth-order valence-electron chi connectivity index (χ4n) is 2.35. The summed E-state index contributed by atoms with van der Waals surface area (Å²) >= 11 is 0. The zero-order valence-corrected chi connectivity index (χ0v) is 11.0. The van der Waals surface area contributed by atoms with Crippen molar-refractivity contribution in [1.82, 2.24) is 5.32 Å². The second kappa shape index (κ2) is 5.98. The third-order valence-corrected chi connectivity index (χ3v) is 3.19. The van der Waals surface area contributed by atoms with Crippen LogP contribution in [0.25, 0.3) is 0 Å². The molecule has 1 aliphatic rings. The summed E-state index contributed by atoms with van der Waals surface area (Å²) in [5.74, 6) is 0.173. The molecule has 1 atom stereocenters. The van der Waals surface area contributed by atoms with E-state index in [-0.39, 0.29) is 11.9 Å². The lowest BCUT2D eigenvalue weighted by Crippen LogP contribution is -2.38. The van der Waals surface area contributed by atoms with Crippen LogP contribution in [0.15, 0.2) is 24.3 Å². The van der Waals surface area contributed by atoms with Crippen LogP contribution in [0.3, 0.4) is 0 Å². The van der Waals surface area contributed by atoms with E-state index in [1.807, 2.05) is 36.1 Å². The molecule has 0 saturated carbocycles. The average molecular weight is 248 g/mol. The first-order valence-corrected chi connectivity index (χ1v) is 6.39. The summed E-state index contributed by atoms with van der Waals surface area (Å²) in [4.78, 5) is 14.1. The quantitative estimate of drug-likeness (QED) is 0.859. The van der Waals surface area contributed by atoms with Gasteiger partial charge in [0.1, 0.15) is 0 Å². The first-order chi connectivity index (χ1) is 8.76. The van der Waals surface area contributed by atoms with Crippen LogP contribution in [-0.4, -0.2) is 32.1 Å². The normalized spacial score (nSPS) is 19.6. The minimum atomic E-state index is -0.0268. The number of hydrogen-bond acceptors (Lipinski definition) is 3. The number of carbonyl (C=O) groups is 1. The summed E-state index contributed by atoms with van der Waals surface area (Å²) in [6.45, 7) is 4.21. The summed E-state index contributed by atoms with van der Waals surface area (Å²) < 4.78 is 5.12. The number of nitrogens with zero attached hydrogens (tertiary/aromatic N) is 1. The zero-order valence-electron chi connectivity index (χ0n) is 11.0. The Morgan fingerprint density at radius 1 is 1.50 bits per heavy atom. The molecular formula is C14H20N2O2. The number of likely N-dealkylation sites (N-methyl/N-ethyl adjacent to an activating group) is 1. The summed E-state index contributed by atoms with van der Waals surface area (Å²) in [6, 6.07) is 7.95. The van der Waals surface area contributed by atoms with E-state index in [9.17, 15) is 4.79 Å². The van der Waals surface area contributed by atoms with Crippen molar-refractivity contribution < 1.29 is 9.53 Å². The Labute approximate surface area is 108 Å². The third-order valence-electron chi connectivity index (χ3n) is 3.19. The first kappa shape index (κ1) is 13.1. The van der Waals surface area contributed by atoms with E-state index in [0.717, 1.165) is 30.8 Å². The Bertz CT molecular complexity index is 420. The molecule has 18 heavy (non-hydrogen) atoms. The molecule has 2 rings (SSSR count). The largest absolute Gasteiger partial charge is 0.380 e. The molecule has 0 aromatic heterocycles. The molecule has 1 aliphatic heterocycles. The van der Waals surface area contributed by atoms with Crippen LogP contribution in [0.1, 0.15) is 18.9 Å². The van der Waals surface area contributed by atoms with E-state index in [4.69, 9.17) is 4.74 Å². The molecule has 1 fully saturated rings. The lowest BCUT2D eigenvalue weighted by atomic mass is 10.2. The topological polar surface area (TPSA) is 41.6 Å². The van der Waals surface area contributed by atoms with Crippen LogP contribution in [0.4, 0.5) is 5.69 Å². The molecule has 4 heteroatoms. The number of ether oxygens (including phenoxy) is 1. The van der Waals surface area contributed by atoms with Gasteiger partial charge in [-0.05, 0) is 30.7 Å².